The summed E-state index contributed by atoms with van der Waals surface area (Å²) in [6.45, 7) is 5.95. The van der Waals surface area contributed by atoms with Gasteiger partial charge in [0, 0.05) is 12.2 Å². The molecule has 0 atom stereocenters. The van der Waals surface area contributed by atoms with E-state index in [4.69, 9.17) is 20.4 Å². The molecule has 100 valence electrons. The molecule has 5 nitrogen and oxygen atoms in total. The Hall–Kier alpha value is -1.75. The summed E-state index contributed by atoms with van der Waals surface area (Å²) in [6.07, 6.45) is 0. The standard InChI is InChI=1S/C13H20N2O3/c1-10(2)9-17-6-7-18-12-5-3-4-11(8-12)13(14)15-16/h3-5,8,10,16H,6-7,9H2,1-2H3,(H2,14,15). The van der Waals surface area contributed by atoms with E-state index in [0.29, 0.717) is 30.4 Å². The number of amidine groups is 1. The Kier molecular flexibility index (Phi) is 6.00. The molecule has 0 amide bonds. The van der Waals surface area contributed by atoms with E-state index >= 15 is 0 Å². The lowest BCUT2D eigenvalue weighted by atomic mass is 10.2. The van der Waals surface area contributed by atoms with E-state index in [1.165, 1.54) is 0 Å². The third-order valence-electron chi connectivity index (χ3n) is 2.19. The summed E-state index contributed by atoms with van der Waals surface area (Å²) in [5.41, 5.74) is 6.12. The minimum Gasteiger partial charge on any atom is -0.491 e. The maximum atomic E-state index is 8.58. The van der Waals surface area contributed by atoms with Gasteiger partial charge in [-0.25, -0.2) is 0 Å². The largest absolute Gasteiger partial charge is 0.491 e. The van der Waals surface area contributed by atoms with Crippen LogP contribution in [-0.2, 0) is 4.74 Å². The van der Waals surface area contributed by atoms with E-state index < -0.39 is 0 Å². The van der Waals surface area contributed by atoms with Gasteiger partial charge in [-0.3, -0.25) is 0 Å². The lowest BCUT2D eigenvalue weighted by Crippen LogP contribution is -2.13. The Morgan fingerprint density at radius 1 is 1.39 bits per heavy atom. The quantitative estimate of drug-likeness (QED) is 0.255. The fraction of sp³-hybridized carbons (Fsp3) is 0.462. The summed E-state index contributed by atoms with van der Waals surface area (Å²) >= 11 is 0. The Morgan fingerprint density at radius 2 is 2.17 bits per heavy atom. The van der Waals surface area contributed by atoms with Gasteiger partial charge >= 0.3 is 0 Å². The molecule has 18 heavy (non-hydrogen) atoms. The molecule has 0 aliphatic rings. The Bertz CT molecular complexity index is 392. The molecular weight excluding hydrogens is 232 g/mol. The molecule has 0 fully saturated rings. The summed E-state index contributed by atoms with van der Waals surface area (Å²) in [4.78, 5) is 0. The molecule has 1 rings (SSSR count). The molecule has 1 aromatic rings. The zero-order valence-electron chi connectivity index (χ0n) is 10.8. The van der Waals surface area contributed by atoms with Crippen molar-refractivity contribution in [3.8, 4) is 5.75 Å². The normalized spacial score (nSPS) is 11.8. The van der Waals surface area contributed by atoms with Crippen molar-refractivity contribution in [2.75, 3.05) is 19.8 Å². The molecule has 0 unspecified atom stereocenters. The first kappa shape index (κ1) is 14.3. The van der Waals surface area contributed by atoms with Crippen molar-refractivity contribution >= 4 is 5.84 Å². The monoisotopic (exact) mass is 252 g/mol. The molecule has 0 radical (unpaired) electrons. The van der Waals surface area contributed by atoms with Gasteiger partial charge in [-0.2, -0.15) is 0 Å². The first-order valence-electron chi connectivity index (χ1n) is 5.92. The van der Waals surface area contributed by atoms with Gasteiger partial charge in [0.25, 0.3) is 0 Å². The van der Waals surface area contributed by atoms with Crippen LogP contribution in [0, 0.1) is 5.92 Å². The van der Waals surface area contributed by atoms with Gasteiger partial charge in [0.2, 0.25) is 0 Å². The summed E-state index contributed by atoms with van der Waals surface area (Å²) in [7, 11) is 0. The highest BCUT2D eigenvalue weighted by Gasteiger charge is 2.01. The van der Waals surface area contributed by atoms with Crippen LogP contribution < -0.4 is 10.5 Å². The highest BCUT2D eigenvalue weighted by Crippen LogP contribution is 2.13. The van der Waals surface area contributed by atoms with Crippen LogP contribution in [0.15, 0.2) is 29.4 Å². The van der Waals surface area contributed by atoms with Gasteiger partial charge in [-0.15, -0.1) is 0 Å². The van der Waals surface area contributed by atoms with Crippen LogP contribution in [0.2, 0.25) is 0 Å². The van der Waals surface area contributed by atoms with E-state index in [1.54, 1.807) is 18.2 Å². The fourth-order valence-electron chi connectivity index (χ4n) is 1.34. The third-order valence-corrected chi connectivity index (χ3v) is 2.19. The van der Waals surface area contributed by atoms with Crippen molar-refractivity contribution in [3.63, 3.8) is 0 Å². The van der Waals surface area contributed by atoms with Gasteiger partial charge < -0.3 is 20.4 Å². The van der Waals surface area contributed by atoms with Crippen molar-refractivity contribution < 1.29 is 14.7 Å². The smallest absolute Gasteiger partial charge is 0.170 e. The summed E-state index contributed by atoms with van der Waals surface area (Å²) in [5.74, 6) is 1.26. The number of hydrogen-bond donors (Lipinski definition) is 2. The number of benzene rings is 1. The van der Waals surface area contributed by atoms with Crippen molar-refractivity contribution in [2.45, 2.75) is 13.8 Å². The number of nitrogens with two attached hydrogens (primary N) is 1. The first-order chi connectivity index (χ1) is 8.63. The van der Waals surface area contributed by atoms with E-state index in [9.17, 15) is 0 Å². The Labute approximate surface area is 107 Å². The third kappa shape index (κ3) is 5.05. The molecule has 3 N–H and O–H groups in total. The molecule has 0 aromatic heterocycles. The number of ether oxygens (including phenoxy) is 2. The van der Waals surface area contributed by atoms with Crippen molar-refractivity contribution in [3.05, 3.63) is 29.8 Å². The SMILES string of the molecule is CC(C)COCCOc1cccc(/C(N)=N/O)c1. The molecule has 0 aliphatic carbocycles. The molecule has 0 spiro atoms. The van der Waals surface area contributed by atoms with Gasteiger partial charge in [0.05, 0.1) is 6.61 Å². The lowest BCUT2D eigenvalue weighted by Gasteiger charge is -2.09. The molecule has 0 saturated carbocycles. The topological polar surface area (TPSA) is 77.1 Å². The zero-order valence-corrected chi connectivity index (χ0v) is 10.8. The van der Waals surface area contributed by atoms with Gasteiger partial charge in [-0.1, -0.05) is 31.1 Å². The average molecular weight is 252 g/mol. The predicted octanol–water partition coefficient (Wildman–Crippen LogP) is 1.83. The van der Waals surface area contributed by atoms with E-state index in [1.807, 2.05) is 6.07 Å². The maximum absolute atomic E-state index is 8.58. The number of oxime groups is 1. The van der Waals surface area contributed by atoms with Crippen LogP contribution in [0.5, 0.6) is 5.75 Å². The summed E-state index contributed by atoms with van der Waals surface area (Å²) in [6, 6.07) is 7.07. The Morgan fingerprint density at radius 3 is 2.83 bits per heavy atom. The molecule has 0 heterocycles. The van der Waals surface area contributed by atoms with Crippen molar-refractivity contribution in [1.82, 2.24) is 0 Å². The molecule has 0 bridgehead atoms. The van der Waals surface area contributed by atoms with Crippen LogP contribution in [0.4, 0.5) is 0 Å². The summed E-state index contributed by atoms with van der Waals surface area (Å²) in [5, 5.41) is 11.5. The van der Waals surface area contributed by atoms with Gasteiger partial charge in [0.1, 0.15) is 12.4 Å². The number of rotatable bonds is 7. The summed E-state index contributed by atoms with van der Waals surface area (Å²) < 4.78 is 10.9. The first-order valence-corrected chi connectivity index (χ1v) is 5.92. The van der Waals surface area contributed by atoms with E-state index in [0.717, 1.165) is 6.61 Å². The number of hydrogen-bond acceptors (Lipinski definition) is 4. The van der Waals surface area contributed by atoms with Crippen LogP contribution >= 0.6 is 0 Å². The second-order valence-electron chi connectivity index (χ2n) is 4.33. The van der Waals surface area contributed by atoms with Crippen molar-refractivity contribution in [2.24, 2.45) is 16.8 Å². The highest BCUT2D eigenvalue weighted by atomic mass is 16.5. The predicted molar refractivity (Wildman–Crippen MR) is 70.1 cm³/mol. The van der Waals surface area contributed by atoms with Crippen molar-refractivity contribution in [1.29, 1.82) is 0 Å². The average Bonchev–Trinajstić information content (AvgIpc) is 2.37. The molecular formula is C13H20N2O3. The minimum atomic E-state index is 0.0662. The molecule has 5 heteroatoms. The van der Waals surface area contributed by atoms with Crippen LogP contribution in [-0.4, -0.2) is 30.9 Å². The Balaban J connectivity index is 2.39. The fourth-order valence-corrected chi connectivity index (χ4v) is 1.34. The zero-order chi connectivity index (χ0) is 13.4. The van der Waals surface area contributed by atoms with Crippen LogP contribution in [0.25, 0.3) is 0 Å². The molecule has 0 aliphatic heterocycles. The second kappa shape index (κ2) is 7.55. The minimum absolute atomic E-state index is 0.0662. The van der Waals surface area contributed by atoms with E-state index in [-0.39, 0.29) is 5.84 Å². The van der Waals surface area contributed by atoms with Gasteiger partial charge in [0.15, 0.2) is 5.84 Å². The second-order valence-corrected chi connectivity index (χ2v) is 4.33. The number of nitrogens with zero attached hydrogens (tertiary/aromatic N) is 1. The van der Waals surface area contributed by atoms with E-state index in [2.05, 4.69) is 19.0 Å². The highest BCUT2D eigenvalue weighted by molar-refractivity contribution is 5.97. The maximum Gasteiger partial charge on any atom is 0.170 e. The van der Waals surface area contributed by atoms with Crippen LogP contribution in [0.3, 0.4) is 0 Å². The van der Waals surface area contributed by atoms with Crippen LogP contribution in [0.1, 0.15) is 19.4 Å². The van der Waals surface area contributed by atoms with Gasteiger partial charge in [-0.05, 0) is 18.1 Å². The lowest BCUT2D eigenvalue weighted by molar-refractivity contribution is 0.0819. The molecule has 1 aromatic carbocycles. The molecule has 0 saturated heterocycles.